The molecule has 0 aliphatic heterocycles. The van der Waals surface area contributed by atoms with Crippen molar-refractivity contribution in [2.75, 3.05) is 11.9 Å². The number of hydrogen-bond acceptors (Lipinski definition) is 3. The van der Waals surface area contributed by atoms with Crippen molar-refractivity contribution >= 4 is 22.4 Å². The minimum atomic E-state index is 0.0529. The maximum Gasteiger partial charge on any atom is 0.227 e. The molecule has 1 aliphatic rings. The summed E-state index contributed by atoms with van der Waals surface area (Å²) < 4.78 is 0. The van der Waals surface area contributed by atoms with Gasteiger partial charge in [-0.25, -0.2) is 0 Å². The average molecular weight is 269 g/mol. The van der Waals surface area contributed by atoms with Crippen LogP contribution in [0.1, 0.15) is 19.3 Å². The van der Waals surface area contributed by atoms with Gasteiger partial charge in [0.1, 0.15) is 0 Å². The summed E-state index contributed by atoms with van der Waals surface area (Å²) in [7, 11) is 0. The number of rotatable bonds is 3. The van der Waals surface area contributed by atoms with Crippen LogP contribution in [-0.2, 0) is 4.79 Å². The number of fused-ring (bicyclic) bond motifs is 1. The Labute approximate surface area is 118 Å². The Hall–Kier alpha value is -1.94. The van der Waals surface area contributed by atoms with E-state index in [4.69, 9.17) is 5.73 Å². The van der Waals surface area contributed by atoms with Crippen molar-refractivity contribution < 1.29 is 4.79 Å². The summed E-state index contributed by atoms with van der Waals surface area (Å²) in [5, 5.41) is 5.13. The minimum Gasteiger partial charge on any atom is -0.330 e. The fourth-order valence-electron chi connectivity index (χ4n) is 3.12. The fraction of sp³-hybridized carbons (Fsp3) is 0.375. The van der Waals surface area contributed by atoms with Crippen molar-refractivity contribution in [2.45, 2.75) is 19.3 Å². The number of anilines is 1. The number of pyridine rings is 1. The van der Waals surface area contributed by atoms with Crippen LogP contribution in [-0.4, -0.2) is 17.4 Å². The van der Waals surface area contributed by atoms with Gasteiger partial charge in [0.05, 0.1) is 0 Å². The van der Waals surface area contributed by atoms with Crippen LogP contribution in [0.2, 0.25) is 0 Å². The molecule has 1 fully saturated rings. The van der Waals surface area contributed by atoms with E-state index in [1.807, 2.05) is 30.5 Å². The molecule has 20 heavy (non-hydrogen) atoms. The maximum absolute atomic E-state index is 12.4. The Kier molecular flexibility index (Phi) is 3.65. The lowest BCUT2D eigenvalue weighted by Gasteiger charge is -2.18. The summed E-state index contributed by atoms with van der Waals surface area (Å²) in [6.45, 7) is 0.595. The fourth-order valence-corrected chi connectivity index (χ4v) is 3.12. The molecule has 0 spiro atoms. The summed E-state index contributed by atoms with van der Waals surface area (Å²) >= 11 is 0. The van der Waals surface area contributed by atoms with Crippen LogP contribution in [0.3, 0.4) is 0 Å². The number of aromatic nitrogens is 1. The third-order valence-corrected chi connectivity index (χ3v) is 4.24. The average Bonchev–Trinajstić information content (AvgIpc) is 2.96. The molecule has 2 atom stereocenters. The first-order chi connectivity index (χ1) is 9.79. The molecule has 104 valence electrons. The summed E-state index contributed by atoms with van der Waals surface area (Å²) in [6, 6.07) is 7.80. The topological polar surface area (TPSA) is 68.0 Å². The number of amides is 1. The first kappa shape index (κ1) is 13.1. The third kappa shape index (κ3) is 2.39. The van der Waals surface area contributed by atoms with E-state index in [0.29, 0.717) is 12.5 Å². The lowest BCUT2D eigenvalue weighted by molar-refractivity contribution is -0.120. The van der Waals surface area contributed by atoms with E-state index in [2.05, 4.69) is 10.3 Å². The molecule has 1 heterocycles. The van der Waals surface area contributed by atoms with Crippen LogP contribution in [0, 0.1) is 11.8 Å². The highest BCUT2D eigenvalue weighted by molar-refractivity contribution is 6.02. The zero-order chi connectivity index (χ0) is 13.9. The molecule has 4 nitrogen and oxygen atoms in total. The van der Waals surface area contributed by atoms with Crippen LogP contribution in [0.15, 0.2) is 36.7 Å². The second kappa shape index (κ2) is 5.59. The van der Waals surface area contributed by atoms with Gasteiger partial charge in [-0.3, -0.25) is 9.78 Å². The van der Waals surface area contributed by atoms with Crippen molar-refractivity contribution in [3.63, 3.8) is 0 Å². The molecule has 0 radical (unpaired) electrons. The highest BCUT2D eigenvalue weighted by Crippen LogP contribution is 2.32. The highest BCUT2D eigenvalue weighted by Gasteiger charge is 2.31. The summed E-state index contributed by atoms with van der Waals surface area (Å²) in [4.78, 5) is 16.6. The number of nitrogens with two attached hydrogens (primary N) is 1. The van der Waals surface area contributed by atoms with Crippen LogP contribution in [0.4, 0.5) is 5.69 Å². The van der Waals surface area contributed by atoms with Gasteiger partial charge in [-0.1, -0.05) is 18.6 Å². The molecule has 2 unspecified atom stereocenters. The predicted molar refractivity (Wildman–Crippen MR) is 80.3 cm³/mol. The van der Waals surface area contributed by atoms with Gasteiger partial charge in [-0.2, -0.15) is 0 Å². The van der Waals surface area contributed by atoms with E-state index in [9.17, 15) is 4.79 Å². The summed E-state index contributed by atoms with van der Waals surface area (Å²) in [6.07, 6.45) is 6.66. The molecule has 1 aromatic carbocycles. The van der Waals surface area contributed by atoms with Gasteiger partial charge in [0.15, 0.2) is 0 Å². The lowest BCUT2D eigenvalue weighted by atomic mass is 9.95. The van der Waals surface area contributed by atoms with Crippen molar-refractivity contribution in [3.05, 3.63) is 36.7 Å². The molecule has 4 heteroatoms. The Balaban J connectivity index is 1.84. The largest absolute Gasteiger partial charge is 0.330 e. The minimum absolute atomic E-state index is 0.0529. The Morgan fingerprint density at radius 3 is 3.10 bits per heavy atom. The number of nitrogens with zero attached hydrogens (tertiary/aromatic N) is 1. The van der Waals surface area contributed by atoms with Crippen LogP contribution in [0.25, 0.3) is 10.8 Å². The first-order valence-corrected chi connectivity index (χ1v) is 7.13. The van der Waals surface area contributed by atoms with Gasteiger partial charge >= 0.3 is 0 Å². The van der Waals surface area contributed by atoms with Crippen molar-refractivity contribution in [1.29, 1.82) is 0 Å². The van der Waals surface area contributed by atoms with E-state index in [1.54, 1.807) is 6.20 Å². The molecular formula is C16H19N3O. The van der Waals surface area contributed by atoms with E-state index in [1.165, 1.54) is 0 Å². The summed E-state index contributed by atoms with van der Waals surface area (Å²) in [5.41, 5.74) is 6.62. The van der Waals surface area contributed by atoms with Crippen LogP contribution < -0.4 is 11.1 Å². The SMILES string of the molecule is NCC1CCCC1C(=O)Nc1cccc2cnccc12. The smallest absolute Gasteiger partial charge is 0.227 e. The third-order valence-electron chi connectivity index (χ3n) is 4.24. The molecule has 0 bridgehead atoms. The van der Waals surface area contributed by atoms with Crippen molar-refractivity contribution in [2.24, 2.45) is 17.6 Å². The Bertz CT molecular complexity index is 621. The quantitative estimate of drug-likeness (QED) is 0.899. The first-order valence-electron chi connectivity index (χ1n) is 7.13. The second-order valence-corrected chi connectivity index (χ2v) is 5.42. The zero-order valence-electron chi connectivity index (χ0n) is 11.4. The van der Waals surface area contributed by atoms with E-state index in [-0.39, 0.29) is 11.8 Å². The van der Waals surface area contributed by atoms with Crippen LogP contribution in [0.5, 0.6) is 0 Å². The molecular weight excluding hydrogens is 250 g/mol. The molecule has 3 rings (SSSR count). The van der Waals surface area contributed by atoms with Gasteiger partial charge in [-0.15, -0.1) is 0 Å². The number of benzene rings is 1. The summed E-state index contributed by atoms with van der Waals surface area (Å²) in [5.74, 6) is 0.478. The molecule has 1 aliphatic carbocycles. The number of carbonyl (C=O) groups is 1. The molecule has 3 N–H and O–H groups in total. The van der Waals surface area contributed by atoms with Gasteiger partial charge in [0.2, 0.25) is 5.91 Å². The van der Waals surface area contributed by atoms with Crippen molar-refractivity contribution in [1.82, 2.24) is 4.98 Å². The zero-order valence-corrected chi connectivity index (χ0v) is 11.4. The Morgan fingerprint density at radius 2 is 2.25 bits per heavy atom. The molecule has 1 amide bonds. The number of carbonyl (C=O) groups excluding carboxylic acids is 1. The van der Waals surface area contributed by atoms with E-state index in [0.717, 1.165) is 35.7 Å². The standard InChI is InChI=1S/C16H19N3O/c17-9-11-3-1-5-14(11)16(20)19-15-6-2-4-12-10-18-8-7-13(12)15/h2,4,6-8,10-11,14H,1,3,5,9,17H2,(H,19,20). The Morgan fingerprint density at radius 1 is 1.35 bits per heavy atom. The van der Waals surface area contributed by atoms with Gasteiger partial charge in [-0.05, 0) is 37.4 Å². The predicted octanol–water partition coefficient (Wildman–Crippen LogP) is 2.55. The molecule has 0 saturated heterocycles. The van der Waals surface area contributed by atoms with Gasteiger partial charge < -0.3 is 11.1 Å². The number of nitrogens with one attached hydrogen (secondary N) is 1. The monoisotopic (exact) mass is 269 g/mol. The molecule has 1 saturated carbocycles. The highest BCUT2D eigenvalue weighted by atomic mass is 16.1. The van der Waals surface area contributed by atoms with Gasteiger partial charge in [0, 0.05) is 34.8 Å². The maximum atomic E-state index is 12.4. The van der Waals surface area contributed by atoms with E-state index < -0.39 is 0 Å². The normalized spacial score (nSPS) is 22.1. The van der Waals surface area contributed by atoms with Gasteiger partial charge in [0.25, 0.3) is 0 Å². The second-order valence-electron chi connectivity index (χ2n) is 5.42. The molecule has 2 aromatic rings. The molecule has 1 aromatic heterocycles. The lowest BCUT2D eigenvalue weighted by Crippen LogP contribution is -2.29. The van der Waals surface area contributed by atoms with Crippen molar-refractivity contribution in [3.8, 4) is 0 Å². The van der Waals surface area contributed by atoms with Crippen LogP contribution >= 0.6 is 0 Å². The van der Waals surface area contributed by atoms with E-state index >= 15 is 0 Å². The number of hydrogen-bond donors (Lipinski definition) is 2.